The maximum absolute atomic E-state index is 5.47. The summed E-state index contributed by atoms with van der Waals surface area (Å²) in [7, 11) is 0. The lowest BCUT2D eigenvalue weighted by molar-refractivity contribution is 0.426. The second-order valence-corrected chi connectivity index (χ2v) is 6.37. The van der Waals surface area contributed by atoms with Crippen molar-refractivity contribution in [3.63, 3.8) is 0 Å². The van der Waals surface area contributed by atoms with Gasteiger partial charge in [0.2, 0.25) is 5.89 Å². The molecule has 0 saturated heterocycles. The summed E-state index contributed by atoms with van der Waals surface area (Å²) in [6.45, 7) is 9.22. The summed E-state index contributed by atoms with van der Waals surface area (Å²) < 4.78 is 5.47. The molecule has 0 bridgehead atoms. The molecule has 1 aromatic heterocycles. The fraction of sp³-hybridized carbons (Fsp3) is 0.500. The maximum Gasteiger partial charge on any atom is 0.276 e. The topological polar surface area (TPSA) is 51.0 Å². The van der Waals surface area contributed by atoms with Crippen LogP contribution in [0.5, 0.6) is 0 Å². The molecule has 1 heterocycles. The van der Waals surface area contributed by atoms with Crippen LogP contribution in [0.2, 0.25) is 0 Å². The van der Waals surface area contributed by atoms with Gasteiger partial charge in [-0.05, 0) is 24.1 Å². The van der Waals surface area contributed by atoms with Crippen LogP contribution in [0.15, 0.2) is 33.9 Å². The molecule has 5 heteroatoms. The highest BCUT2D eigenvalue weighted by Crippen LogP contribution is 2.31. The highest BCUT2D eigenvalue weighted by atomic mass is 32.2. The third-order valence-electron chi connectivity index (χ3n) is 3.43. The summed E-state index contributed by atoms with van der Waals surface area (Å²) in [5, 5.41) is 12.4. The van der Waals surface area contributed by atoms with Gasteiger partial charge in [-0.25, -0.2) is 0 Å². The average molecular weight is 305 g/mol. The Morgan fingerprint density at radius 3 is 2.43 bits per heavy atom. The first-order valence-corrected chi connectivity index (χ1v) is 8.31. The fourth-order valence-electron chi connectivity index (χ4n) is 2.29. The number of thioether (sulfide) groups is 1. The second kappa shape index (κ2) is 7.61. The van der Waals surface area contributed by atoms with Crippen LogP contribution < -0.4 is 5.32 Å². The average Bonchev–Trinajstić information content (AvgIpc) is 2.90. The zero-order valence-electron chi connectivity index (χ0n) is 13.1. The summed E-state index contributed by atoms with van der Waals surface area (Å²) >= 11 is 1.61. The number of nitrogens with one attached hydrogen (secondary N) is 1. The zero-order valence-corrected chi connectivity index (χ0v) is 13.9. The standard InChI is InChI=1S/C16H23N3OS/c1-5-13-7-9-14(10-8-13)15(17-6-2)11(3)21-16-19-18-12(4)20-16/h7-11,15,17H,5-6H2,1-4H3. The quantitative estimate of drug-likeness (QED) is 0.789. The van der Waals surface area contributed by atoms with Gasteiger partial charge in [0.15, 0.2) is 0 Å². The van der Waals surface area contributed by atoms with E-state index in [9.17, 15) is 0 Å². The van der Waals surface area contributed by atoms with E-state index in [1.165, 1.54) is 11.1 Å². The Hall–Kier alpha value is -1.33. The van der Waals surface area contributed by atoms with Crippen molar-refractivity contribution in [2.45, 2.75) is 50.6 Å². The molecule has 2 unspecified atom stereocenters. The largest absolute Gasteiger partial charge is 0.416 e. The van der Waals surface area contributed by atoms with Crippen LogP contribution in [-0.2, 0) is 6.42 Å². The summed E-state index contributed by atoms with van der Waals surface area (Å²) in [6, 6.07) is 9.09. The molecule has 2 aromatic rings. The van der Waals surface area contributed by atoms with E-state index in [0.29, 0.717) is 16.4 Å². The summed E-state index contributed by atoms with van der Waals surface area (Å²) in [5.74, 6) is 0.608. The van der Waals surface area contributed by atoms with Crippen molar-refractivity contribution in [2.75, 3.05) is 6.54 Å². The molecule has 0 amide bonds. The van der Waals surface area contributed by atoms with Crippen molar-refractivity contribution < 1.29 is 4.42 Å². The minimum absolute atomic E-state index is 0.262. The van der Waals surface area contributed by atoms with Crippen molar-refractivity contribution in [1.29, 1.82) is 0 Å². The molecule has 2 rings (SSSR count). The Morgan fingerprint density at radius 2 is 1.90 bits per heavy atom. The van der Waals surface area contributed by atoms with Gasteiger partial charge in [0, 0.05) is 18.2 Å². The lowest BCUT2D eigenvalue weighted by Crippen LogP contribution is -2.28. The van der Waals surface area contributed by atoms with Crippen molar-refractivity contribution >= 4 is 11.8 Å². The van der Waals surface area contributed by atoms with Crippen molar-refractivity contribution in [2.24, 2.45) is 0 Å². The van der Waals surface area contributed by atoms with Crippen LogP contribution in [0.1, 0.15) is 43.8 Å². The van der Waals surface area contributed by atoms with E-state index in [1.807, 2.05) is 6.92 Å². The van der Waals surface area contributed by atoms with Crippen LogP contribution in [0.3, 0.4) is 0 Å². The van der Waals surface area contributed by atoms with Gasteiger partial charge >= 0.3 is 0 Å². The number of nitrogens with zero attached hydrogens (tertiary/aromatic N) is 2. The zero-order chi connectivity index (χ0) is 15.2. The molecule has 4 nitrogen and oxygen atoms in total. The van der Waals surface area contributed by atoms with Crippen LogP contribution >= 0.6 is 11.8 Å². The lowest BCUT2D eigenvalue weighted by atomic mass is 10.0. The van der Waals surface area contributed by atoms with Gasteiger partial charge in [0.25, 0.3) is 5.22 Å². The number of hydrogen-bond donors (Lipinski definition) is 1. The highest BCUT2D eigenvalue weighted by molar-refractivity contribution is 7.99. The van der Waals surface area contributed by atoms with E-state index in [0.717, 1.165) is 13.0 Å². The van der Waals surface area contributed by atoms with Crippen LogP contribution in [-0.4, -0.2) is 22.0 Å². The Morgan fingerprint density at radius 1 is 1.19 bits per heavy atom. The van der Waals surface area contributed by atoms with E-state index in [4.69, 9.17) is 4.42 Å². The van der Waals surface area contributed by atoms with E-state index >= 15 is 0 Å². The molecule has 0 spiro atoms. The summed E-state index contributed by atoms with van der Waals surface area (Å²) in [5.41, 5.74) is 2.66. The molecule has 0 radical (unpaired) electrons. The third-order valence-corrected chi connectivity index (χ3v) is 4.45. The Bertz CT molecular complexity index is 553. The summed E-state index contributed by atoms with van der Waals surface area (Å²) in [4.78, 5) is 0. The Labute approximate surface area is 130 Å². The normalized spacial score (nSPS) is 14.1. The van der Waals surface area contributed by atoms with E-state index in [2.05, 4.69) is 60.6 Å². The molecule has 0 aliphatic carbocycles. The van der Waals surface area contributed by atoms with Gasteiger partial charge in [0.05, 0.1) is 0 Å². The molecule has 21 heavy (non-hydrogen) atoms. The first kappa shape index (κ1) is 16.0. The minimum atomic E-state index is 0.262. The van der Waals surface area contributed by atoms with Crippen molar-refractivity contribution in [3.8, 4) is 0 Å². The van der Waals surface area contributed by atoms with Gasteiger partial charge in [-0.15, -0.1) is 10.2 Å². The van der Waals surface area contributed by atoms with E-state index < -0.39 is 0 Å². The third kappa shape index (κ3) is 4.32. The molecule has 2 atom stereocenters. The van der Waals surface area contributed by atoms with Crippen molar-refractivity contribution in [3.05, 3.63) is 41.3 Å². The minimum Gasteiger partial charge on any atom is -0.416 e. The molecule has 0 aliphatic heterocycles. The number of benzene rings is 1. The molecule has 0 fully saturated rings. The smallest absolute Gasteiger partial charge is 0.276 e. The van der Waals surface area contributed by atoms with Crippen LogP contribution in [0, 0.1) is 6.92 Å². The van der Waals surface area contributed by atoms with Gasteiger partial charge in [-0.3, -0.25) is 0 Å². The first-order chi connectivity index (χ1) is 10.1. The molecule has 114 valence electrons. The molecular formula is C16H23N3OS. The molecule has 0 aliphatic rings. The maximum atomic E-state index is 5.47. The van der Waals surface area contributed by atoms with Gasteiger partial charge in [-0.2, -0.15) is 0 Å². The van der Waals surface area contributed by atoms with E-state index in [1.54, 1.807) is 11.8 Å². The number of hydrogen-bond acceptors (Lipinski definition) is 5. The highest BCUT2D eigenvalue weighted by Gasteiger charge is 2.21. The number of aromatic nitrogens is 2. The van der Waals surface area contributed by atoms with Crippen molar-refractivity contribution in [1.82, 2.24) is 15.5 Å². The predicted molar refractivity (Wildman–Crippen MR) is 86.6 cm³/mol. The second-order valence-electron chi connectivity index (χ2n) is 5.04. The van der Waals surface area contributed by atoms with E-state index in [-0.39, 0.29) is 6.04 Å². The Kier molecular flexibility index (Phi) is 5.82. The number of aryl methyl sites for hydroxylation is 2. The summed E-state index contributed by atoms with van der Waals surface area (Å²) in [6.07, 6.45) is 1.07. The van der Waals surface area contributed by atoms with Gasteiger partial charge < -0.3 is 9.73 Å². The predicted octanol–water partition coefficient (Wildman–Crippen LogP) is 3.77. The monoisotopic (exact) mass is 305 g/mol. The van der Waals surface area contributed by atoms with Crippen LogP contribution in [0.25, 0.3) is 0 Å². The lowest BCUT2D eigenvalue weighted by Gasteiger charge is -2.24. The van der Waals surface area contributed by atoms with Gasteiger partial charge in [0.1, 0.15) is 0 Å². The fourth-order valence-corrected chi connectivity index (χ4v) is 3.25. The SMILES string of the molecule is CCNC(c1ccc(CC)cc1)C(C)Sc1nnc(C)o1. The molecular weight excluding hydrogens is 282 g/mol. The molecule has 1 N–H and O–H groups in total. The first-order valence-electron chi connectivity index (χ1n) is 7.43. The van der Waals surface area contributed by atoms with Gasteiger partial charge in [-0.1, -0.05) is 56.8 Å². The van der Waals surface area contributed by atoms with Crippen LogP contribution in [0.4, 0.5) is 0 Å². The molecule has 1 aromatic carbocycles. The Balaban J connectivity index is 2.12. The number of rotatable bonds is 7. The molecule has 0 saturated carbocycles.